The number of hydrogen-bond acceptors (Lipinski definition) is 1. The smallest absolute Gasteiger partial charge is 0.220 e. The highest BCUT2D eigenvalue weighted by Gasteiger charge is 2.18. The fourth-order valence-corrected chi connectivity index (χ4v) is 1.81. The quantitative estimate of drug-likeness (QED) is 0.737. The first-order chi connectivity index (χ1) is 6.47. The maximum atomic E-state index is 11.4. The molecule has 0 unspecified atom stereocenters. The van der Waals surface area contributed by atoms with E-state index in [9.17, 15) is 4.79 Å². The van der Waals surface area contributed by atoms with Crippen molar-refractivity contribution in [1.29, 1.82) is 0 Å². The summed E-state index contributed by atoms with van der Waals surface area (Å²) in [5.41, 5.74) is -0.0758. The van der Waals surface area contributed by atoms with Crippen LogP contribution in [0.5, 0.6) is 0 Å². The van der Waals surface area contributed by atoms with Crippen molar-refractivity contribution < 1.29 is 4.79 Å². The van der Waals surface area contributed by atoms with Gasteiger partial charge in [0.2, 0.25) is 5.91 Å². The van der Waals surface area contributed by atoms with Gasteiger partial charge in [0.05, 0.1) is 0 Å². The van der Waals surface area contributed by atoms with E-state index < -0.39 is 0 Å². The number of carbonyl (C=O) groups excluding carboxylic acids is 1. The van der Waals surface area contributed by atoms with Crippen molar-refractivity contribution >= 4 is 5.91 Å². The third-order valence-electron chi connectivity index (χ3n) is 2.76. The van der Waals surface area contributed by atoms with Crippen LogP contribution in [0.2, 0.25) is 0 Å². The molecule has 2 nitrogen and oxygen atoms in total. The lowest BCUT2D eigenvalue weighted by atomic mass is 9.82. The number of amides is 1. The van der Waals surface area contributed by atoms with Gasteiger partial charge in [-0.2, -0.15) is 0 Å². The Kier molecular flexibility index (Phi) is 3.97. The van der Waals surface area contributed by atoms with E-state index in [0.29, 0.717) is 6.42 Å². The summed E-state index contributed by atoms with van der Waals surface area (Å²) < 4.78 is 0. The highest BCUT2D eigenvalue weighted by atomic mass is 16.1. The van der Waals surface area contributed by atoms with E-state index in [1.54, 1.807) is 0 Å². The van der Waals surface area contributed by atoms with Crippen molar-refractivity contribution in [3.63, 3.8) is 0 Å². The normalized spacial score (nSPS) is 17.6. The van der Waals surface area contributed by atoms with Crippen LogP contribution < -0.4 is 5.32 Å². The zero-order valence-electron chi connectivity index (χ0n) is 9.73. The van der Waals surface area contributed by atoms with Gasteiger partial charge in [0.15, 0.2) is 0 Å². The van der Waals surface area contributed by atoms with E-state index in [-0.39, 0.29) is 11.4 Å². The Labute approximate surface area is 87.5 Å². The van der Waals surface area contributed by atoms with Crippen molar-refractivity contribution in [3.8, 4) is 0 Å². The van der Waals surface area contributed by atoms with Crippen molar-refractivity contribution in [2.45, 2.75) is 64.8 Å². The Balaban J connectivity index is 2.02. The lowest BCUT2D eigenvalue weighted by Crippen LogP contribution is -2.40. The fraction of sp³-hybridized carbons (Fsp3) is 0.917. The highest BCUT2D eigenvalue weighted by Crippen LogP contribution is 2.30. The molecule has 0 aromatic carbocycles. The predicted molar refractivity (Wildman–Crippen MR) is 59.1 cm³/mol. The summed E-state index contributed by atoms with van der Waals surface area (Å²) in [5, 5.41) is 2.99. The van der Waals surface area contributed by atoms with Crippen molar-refractivity contribution in [3.05, 3.63) is 0 Å². The summed E-state index contributed by atoms with van der Waals surface area (Å²) in [6.07, 6.45) is 7.19. The van der Waals surface area contributed by atoms with Crippen LogP contribution in [-0.2, 0) is 4.79 Å². The van der Waals surface area contributed by atoms with Crippen LogP contribution in [0.15, 0.2) is 0 Å². The van der Waals surface area contributed by atoms with E-state index in [1.807, 2.05) is 20.8 Å². The van der Waals surface area contributed by atoms with E-state index >= 15 is 0 Å². The molecule has 0 radical (unpaired) electrons. The molecule has 2 heteroatoms. The maximum absolute atomic E-state index is 11.4. The minimum Gasteiger partial charge on any atom is -0.352 e. The molecule has 1 saturated carbocycles. The zero-order chi connectivity index (χ0) is 10.6. The monoisotopic (exact) mass is 197 g/mol. The molecule has 0 bridgehead atoms. The Morgan fingerprint density at radius 3 is 2.43 bits per heavy atom. The molecule has 0 atom stereocenters. The molecule has 1 rings (SSSR count). The summed E-state index contributed by atoms with van der Waals surface area (Å²) in [5.74, 6) is 1.13. The van der Waals surface area contributed by atoms with Crippen LogP contribution in [0, 0.1) is 5.92 Å². The first-order valence-corrected chi connectivity index (χ1v) is 5.78. The van der Waals surface area contributed by atoms with Gasteiger partial charge in [0, 0.05) is 12.0 Å². The van der Waals surface area contributed by atoms with Crippen LogP contribution >= 0.6 is 0 Å². The van der Waals surface area contributed by atoms with E-state index in [1.165, 1.54) is 25.7 Å². The SMILES string of the molecule is CC(C)(C)NC(=O)CCCC1CCC1. The van der Waals surface area contributed by atoms with E-state index in [2.05, 4.69) is 5.32 Å². The second-order valence-electron chi connectivity index (χ2n) is 5.49. The third-order valence-corrected chi connectivity index (χ3v) is 2.76. The Hall–Kier alpha value is -0.530. The molecule has 1 fully saturated rings. The minimum atomic E-state index is -0.0758. The zero-order valence-corrected chi connectivity index (χ0v) is 9.73. The molecule has 0 heterocycles. The van der Waals surface area contributed by atoms with Crippen molar-refractivity contribution in [2.24, 2.45) is 5.92 Å². The summed E-state index contributed by atoms with van der Waals surface area (Å²) in [6.45, 7) is 6.07. The Morgan fingerprint density at radius 2 is 2.00 bits per heavy atom. The van der Waals surface area contributed by atoms with Crippen molar-refractivity contribution in [1.82, 2.24) is 5.32 Å². The van der Waals surface area contributed by atoms with Gasteiger partial charge in [-0.05, 0) is 39.5 Å². The van der Waals surface area contributed by atoms with Crippen molar-refractivity contribution in [2.75, 3.05) is 0 Å². The number of rotatable bonds is 4. The number of carbonyl (C=O) groups is 1. The van der Waals surface area contributed by atoms with Gasteiger partial charge >= 0.3 is 0 Å². The topological polar surface area (TPSA) is 29.1 Å². The average Bonchev–Trinajstić information content (AvgIpc) is 1.90. The standard InChI is InChI=1S/C12H23NO/c1-12(2,3)13-11(14)9-5-8-10-6-4-7-10/h10H,4-9H2,1-3H3,(H,13,14). The van der Waals surface area contributed by atoms with Crippen LogP contribution in [0.1, 0.15) is 59.3 Å². The van der Waals surface area contributed by atoms with Gasteiger partial charge in [0.1, 0.15) is 0 Å². The van der Waals surface area contributed by atoms with Gasteiger partial charge in [0.25, 0.3) is 0 Å². The first kappa shape index (κ1) is 11.5. The molecule has 0 aliphatic heterocycles. The predicted octanol–water partition coefficient (Wildman–Crippen LogP) is 2.87. The third kappa shape index (κ3) is 4.64. The minimum absolute atomic E-state index is 0.0758. The average molecular weight is 197 g/mol. The Bertz CT molecular complexity index is 189. The van der Waals surface area contributed by atoms with Gasteiger partial charge in [-0.3, -0.25) is 4.79 Å². The van der Waals surface area contributed by atoms with E-state index in [0.717, 1.165) is 12.3 Å². The first-order valence-electron chi connectivity index (χ1n) is 5.78. The molecule has 0 aromatic rings. The van der Waals surface area contributed by atoms with Gasteiger partial charge < -0.3 is 5.32 Å². The van der Waals surface area contributed by atoms with Gasteiger partial charge in [-0.25, -0.2) is 0 Å². The van der Waals surface area contributed by atoms with Gasteiger partial charge in [-0.15, -0.1) is 0 Å². The van der Waals surface area contributed by atoms with Gasteiger partial charge in [-0.1, -0.05) is 19.3 Å². The molecule has 1 aliphatic rings. The highest BCUT2D eigenvalue weighted by molar-refractivity contribution is 5.76. The molecular weight excluding hydrogens is 174 g/mol. The molecular formula is C12H23NO. The molecule has 1 aliphatic carbocycles. The van der Waals surface area contributed by atoms with E-state index in [4.69, 9.17) is 0 Å². The second kappa shape index (κ2) is 4.81. The molecule has 1 N–H and O–H groups in total. The maximum Gasteiger partial charge on any atom is 0.220 e. The van der Waals surface area contributed by atoms with Crippen LogP contribution in [0.3, 0.4) is 0 Å². The summed E-state index contributed by atoms with van der Waals surface area (Å²) in [6, 6.07) is 0. The summed E-state index contributed by atoms with van der Waals surface area (Å²) >= 11 is 0. The lowest BCUT2D eigenvalue weighted by Gasteiger charge is -2.25. The van der Waals surface area contributed by atoms with Crippen LogP contribution in [-0.4, -0.2) is 11.4 Å². The molecule has 1 amide bonds. The van der Waals surface area contributed by atoms with Crippen LogP contribution in [0.4, 0.5) is 0 Å². The molecule has 14 heavy (non-hydrogen) atoms. The largest absolute Gasteiger partial charge is 0.352 e. The summed E-state index contributed by atoms with van der Waals surface area (Å²) in [4.78, 5) is 11.4. The lowest BCUT2D eigenvalue weighted by molar-refractivity contribution is -0.122. The molecule has 82 valence electrons. The molecule has 0 saturated heterocycles. The number of hydrogen-bond donors (Lipinski definition) is 1. The fourth-order valence-electron chi connectivity index (χ4n) is 1.81. The number of nitrogens with one attached hydrogen (secondary N) is 1. The molecule has 0 spiro atoms. The summed E-state index contributed by atoms with van der Waals surface area (Å²) in [7, 11) is 0. The van der Waals surface area contributed by atoms with Crippen LogP contribution in [0.25, 0.3) is 0 Å². The second-order valence-corrected chi connectivity index (χ2v) is 5.49. The Morgan fingerprint density at radius 1 is 1.36 bits per heavy atom. The molecule has 0 aromatic heterocycles.